The van der Waals surface area contributed by atoms with E-state index in [0.29, 0.717) is 19.3 Å². The molecule has 0 N–H and O–H groups in total. The molecule has 0 bridgehead atoms. The molecule has 0 aliphatic heterocycles. The van der Waals surface area contributed by atoms with Crippen molar-refractivity contribution in [1.82, 2.24) is 0 Å². The lowest BCUT2D eigenvalue weighted by atomic mass is 10.1. The predicted octanol–water partition coefficient (Wildman–Crippen LogP) is 21.6. The SMILES string of the molecule is CC/C=C\C/C=C\C/C=C\C/C=C\C/C=C\CCCC(=O)OCC(COC(=O)CCCCCCCCCC/C=C\C/C=C\C/C=C\CCCCCCC)OC(=O)CCCCCCCCC/C=C\C/C=C\CCCCCC. The van der Waals surface area contributed by atoms with E-state index in [9.17, 15) is 14.4 Å². The van der Waals surface area contributed by atoms with Crippen LogP contribution in [0.25, 0.3) is 0 Å². The lowest BCUT2D eigenvalue weighted by molar-refractivity contribution is -0.167. The number of ether oxygens (including phenoxy) is 3. The molecule has 0 spiro atoms. The van der Waals surface area contributed by atoms with E-state index in [1.807, 2.05) is 0 Å². The van der Waals surface area contributed by atoms with Gasteiger partial charge in [-0.15, -0.1) is 0 Å². The molecule has 0 aromatic heterocycles. The number of rotatable bonds is 56. The summed E-state index contributed by atoms with van der Waals surface area (Å²) in [7, 11) is 0. The normalized spacial score (nSPS) is 12.9. The summed E-state index contributed by atoms with van der Waals surface area (Å²) in [6.45, 7) is 6.45. The fourth-order valence-electron chi connectivity index (χ4n) is 8.46. The average molecular weight is 1050 g/mol. The van der Waals surface area contributed by atoms with Gasteiger partial charge in [-0.05, 0) is 128 Å². The Bertz CT molecular complexity index is 1590. The topological polar surface area (TPSA) is 78.9 Å². The van der Waals surface area contributed by atoms with Crippen LogP contribution >= 0.6 is 0 Å². The minimum atomic E-state index is -0.814. The van der Waals surface area contributed by atoms with E-state index in [4.69, 9.17) is 14.2 Å². The summed E-state index contributed by atoms with van der Waals surface area (Å²) >= 11 is 0. The molecular weight excluding hydrogens is 937 g/mol. The van der Waals surface area contributed by atoms with Gasteiger partial charge in [0.1, 0.15) is 13.2 Å². The highest BCUT2D eigenvalue weighted by Gasteiger charge is 2.19. The number of carbonyl (C=O) groups is 3. The fraction of sp³-hybridized carbons (Fsp3) is 0.671. The van der Waals surface area contributed by atoms with E-state index in [1.165, 1.54) is 128 Å². The first-order valence-electron chi connectivity index (χ1n) is 31.5. The van der Waals surface area contributed by atoms with Gasteiger partial charge < -0.3 is 14.2 Å². The number of hydrogen-bond donors (Lipinski definition) is 0. The van der Waals surface area contributed by atoms with Crippen molar-refractivity contribution in [2.45, 2.75) is 290 Å². The molecule has 0 aromatic rings. The van der Waals surface area contributed by atoms with Gasteiger partial charge in [-0.25, -0.2) is 0 Å². The molecule has 0 saturated carbocycles. The van der Waals surface area contributed by atoms with Gasteiger partial charge in [0.2, 0.25) is 0 Å². The Morgan fingerprint density at radius 1 is 0.276 bits per heavy atom. The van der Waals surface area contributed by atoms with E-state index in [0.717, 1.165) is 109 Å². The molecule has 6 heteroatoms. The Balaban J connectivity index is 4.48. The Morgan fingerprint density at radius 3 is 0.868 bits per heavy atom. The Morgan fingerprint density at radius 2 is 0.526 bits per heavy atom. The minimum absolute atomic E-state index is 0.105. The third-order valence-electron chi connectivity index (χ3n) is 13.2. The van der Waals surface area contributed by atoms with E-state index >= 15 is 0 Å². The second kappa shape index (κ2) is 63.3. The summed E-state index contributed by atoms with van der Waals surface area (Å²) in [5.74, 6) is -0.977. The third kappa shape index (κ3) is 60.7. The van der Waals surface area contributed by atoms with Crippen LogP contribution in [-0.2, 0) is 28.6 Å². The van der Waals surface area contributed by atoms with E-state index in [1.54, 1.807) is 0 Å². The zero-order chi connectivity index (χ0) is 55.0. The van der Waals surface area contributed by atoms with E-state index < -0.39 is 6.10 Å². The van der Waals surface area contributed by atoms with Crippen molar-refractivity contribution < 1.29 is 28.6 Å². The molecule has 0 radical (unpaired) electrons. The van der Waals surface area contributed by atoms with Crippen LogP contribution in [0.2, 0.25) is 0 Å². The maximum Gasteiger partial charge on any atom is 0.306 e. The van der Waals surface area contributed by atoms with Gasteiger partial charge in [-0.3, -0.25) is 14.4 Å². The summed E-state index contributed by atoms with van der Waals surface area (Å²) in [5.41, 5.74) is 0. The van der Waals surface area contributed by atoms with Crippen molar-refractivity contribution in [1.29, 1.82) is 0 Å². The lowest BCUT2D eigenvalue weighted by Gasteiger charge is -2.18. The van der Waals surface area contributed by atoms with E-state index in [-0.39, 0.29) is 37.5 Å². The number of esters is 3. The predicted molar refractivity (Wildman–Crippen MR) is 330 cm³/mol. The number of allylic oxidation sites excluding steroid dienone is 20. The standard InChI is InChI=1S/C70H116O6/c1-4-7-10-13-16-19-22-25-28-31-33-34-35-36-37-40-42-45-48-51-54-57-60-63-69(72)75-66-67(65-74-68(71)62-59-56-53-50-47-44-41-38-30-27-24-21-18-15-12-9-6-3)76-70(73)64-61-58-55-52-49-46-43-39-32-29-26-23-20-17-14-11-8-5-2/h9,12,18,20-23,25,27,29-33,35-36,41,44,50,53,67H,4-8,10-11,13-17,19,24,26,28,34,37-40,42-43,45-49,51-52,54-66H2,1-3H3/b12-9-,21-18-,23-20-,25-22-,30-27-,32-29-,33-31-,36-35-,44-41-,53-50-. The molecule has 0 rings (SSSR count). The number of carbonyl (C=O) groups excluding carboxylic acids is 3. The smallest absolute Gasteiger partial charge is 0.306 e. The van der Waals surface area contributed by atoms with Crippen LogP contribution in [-0.4, -0.2) is 37.2 Å². The molecule has 432 valence electrons. The van der Waals surface area contributed by atoms with Crippen LogP contribution in [0, 0.1) is 0 Å². The first-order chi connectivity index (χ1) is 37.5. The van der Waals surface area contributed by atoms with Crippen LogP contribution in [0.1, 0.15) is 284 Å². The zero-order valence-corrected chi connectivity index (χ0v) is 49.5. The Labute approximate surface area is 469 Å². The largest absolute Gasteiger partial charge is 0.462 e. The lowest BCUT2D eigenvalue weighted by Crippen LogP contribution is -2.30. The molecule has 0 aliphatic carbocycles. The number of unbranched alkanes of at least 4 members (excludes halogenated alkanes) is 25. The maximum absolute atomic E-state index is 12.9. The van der Waals surface area contributed by atoms with Crippen molar-refractivity contribution in [3.63, 3.8) is 0 Å². The molecule has 1 unspecified atom stereocenters. The monoisotopic (exact) mass is 1050 g/mol. The van der Waals surface area contributed by atoms with Crippen LogP contribution < -0.4 is 0 Å². The maximum atomic E-state index is 12.9. The van der Waals surface area contributed by atoms with Crippen LogP contribution in [0.4, 0.5) is 0 Å². The molecule has 0 heterocycles. The molecule has 0 saturated heterocycles. The highest BCUT2D eigenvalue weighted by atomic mass is 16.6. The Hall–Kier alpha value is -4.19. The average Bonchev–Trinajstić information content (AvgIpc) is 3.42. The fourth-order valence-corrected chi connectivity index (χ4v) is 8.46. The first kappa shape index (κ1) is 71.8. The quantitative estimate of drug-likeness (QED) is 0.0261. The molecule has 0 aromatic carbocycles. The van der Waals surface area contributed by atoms with Crippen LogP contribution in [0.3, 0.4) is 0 Å². The summed E-state index contributed by atoms with van der Waals surface area (Å²) in [4.78, 5) is 38.3. The second-order valence-corrected chi connectivity index (χ2v) is 20.6. The molecule has 76 heavy (non-hydrogen) atoms. The Kier molecular flexibility index (Phi) is 59.9. The molecule has 6 nitrogen and oxygen atoms in total. The molecular formula is C70H116O6. The van der Waals surface area contributed by atoms with E-state index in [2.05, 4.69) is 142 Å². The minimum Gasteiger partial charge on any atom is -0.462 e. The molecule has 0 fully saturated rings. The highest BCUT2D eigenvalue weighted by molar-refractivity contribution is 5.71. The van der Waals surface area contributed by atoms with Crippen molar-refractivity contribution in [3.05, 3.63) is 122 Å². The van der Waals surface area contributed by atoms with Gasteiger partial charge in [-0.2, -0.15) is 0 Å². The highest BCUT2D eigenvalue weighted by Crippen LogP contribution is 2.15. The van der Waals surface area contributed by atoms with Gasteiger partial charge in [0.05, 0.1) is 0 Å². The van der Waals surface area contributed by atoms with Crippen molar-refractivity contribution in [2.24, 2.45) is 0 Å². The van der Waals surface area contributed by atoms with Crippen LogP contribution in [0.5, 0.6) is 0 Å². The van der Waals surface area contributed by atoms with Gasteiger partial charge in [0.25, 0.3) is 0 Å². The van der Waals surface area contributed by atoms with Crippen molar-refractivity contribution >= 4 is 17.9 Å². The summed E-state index contributed by atoms with van der Waals surface area (Å²) in [6, 6.07) is 0. The molecule has 0 amide bonds. The second-order valence-electron chi connectivity index (χ2n) is 20.6. The number of hydrogen-bond acceptors (Lipinski definition) is 6. The summed E-state index contributed by atoms with van der Waals surface area (Å²) in [6.07, 6.45) is 87.7. The summed E-state index contributed by atoms with van der Waals surface area (Å²) < 4.78 is 16.9. The van der Waals surface area contributed by atoms with Crippen molar-refractivity contribution in [3.8, 4) is 0 Å². The van der Waals surface area contributed by atoms with Crippen LogP contribution in [0.15, 0.2) is 122 Å². The molecule has 0 aliphatic rings. The van der Waals surface area contributed by atoms with Gasteiger partial charge in [-0.1, -0.05) is 258 Å². The van der Waals surface area contributed by atoms with Gasteiger partial charge in [0.15, 0.2) is 6.10 Å². The third-order valence-corrected chi connectivity index (χ3v) is 13.2. The van der Waals surface area contributed by atoms with Gasteiger partial charge in [0, 0.05) is 19.3 Å². The first-order valence-corrected chi connectivity index (χ1v) is 31.5. The zero-order valence-electron chi connectivity index (χ0n) is 49.5. The van der Waals surface area contributed by atoms with Crippen molar-refractivity contribution in [2.75, 3.05) is 13.2 Å². The van der Waals surface area contributed by atoms with Gasteiger partial charge >= 0.3 is 17.9 Å². The summed E-state index contributed by atoms with van der Waals surface area (Å²) in [5, 5.41) is 0. The molecule has 1 atom stereocenters.